The molecule has 2 N–H and O–H groups in total. The molecule has 1 aliphatic rings. The number of hydrogen-bond donors (Lipinski definition) is 2. The Balaban J connectivity index is 2.22. The highest BCUT2D eigenvalue weighted by atomic mass is 35.5. The van der Waals surface area contributed by atoms with Gasteiger partial charge < -0.3 is 14.9 Å². The van der Waals surface area contributed by atoms with Gasteiger partial charge in [0.1, 0.15) is 11.9 Å². The third-order valence-corrected chi connectivity index (χ3v) is 3.91. The van der Waals surface area contributed by atoms with E-state index in [0.717, 1.165) is 6.42 Å². The second-order valence-electron chi connectivity index (χ2n) is 4.53. The molecule has 1 unspecified atom stereocenters. The quantitative estimate of drug-likeness (QED) is 0.796. The molecule has 0 saturated carbocycles. The van der Waals surface area contributed by atoms with E-state index in [1.807, 2.05) is 0 Å². The Labute approximate surface area is 118 Å². The Bertz CT molecular complexity index is 724. The molecule has 1 amide bonds. The molecule has 1 atom stereocenters. The number of halogens is 2. The fourth-order valence-electron chi connectivity index (χ4n) is 2.43. The Morgan fingerprint density at radius 3 is 3.00 bits per heavy atom. The van der Waals surface area contributed by atoms with Gasteiger partial charge in [0.05, 0.1) is 16.1 Å². The van der Waals surface area contributed by atoms with Gasteiger partial charge in [0, 0.05) is 12.6 Å². The number of nitrogens with one attached hydrogen (secondary N) is 2. The van der Waals surface area contributed by atoms with Gasteiger partial charge in [0.25, 0.3) is 0 Å². The average molecular weight is 300 g/mol. The van der Waals surface area contributed by atoms with Crippen molar-refractivity contribution in [2.24, 2.45) is 0 Å². The molecule has 1 aromatic carbocycles. The highest BCUT2D eigenvalue weighted by Crippen LogP contribution is 2.28. The van der Waals surface area contributed by atoms with Gasteiger partial charge in [-0.15, -0.1) is 0 Å². The average Bonchev–Trinajstić information content (AvgIpc) is 2.66. The SMILES string of the molecule is O=C1NCCCC1n1c(=S)[nH]c2cc(F)c(Cl)cc21. The lowest BCUT2D eigenvalue weighted by Gasteiger charge is -2.23. The molecule has 19 heavy (non-hydrogen) atoms. The molecule has 0 radical (unpaired) electrons. The van der Waals surface area contributed by atoms with Gasteiger partial charge in [-0.3, -0.25) is 4.79 Å². The van der Waals surface area contributed by atoms with Crippen molar-refractivity contribution in [1.82, 2.24) is 14.9 Å². The molecule has 0 aliphatic carbocycles. The maximum absolute atomic E-state index is 13.4. The molecule has 4 nitrogen and oxygen atoms in total. The van der Waals surface area contributed by atoms with Crippen molar-refractivity contribution in [3.63, 3.8) is 0 Å². The number of rotatable bonds is 1. The number of H-pyrrole nitrogens is 1. The van der Waals surface area contributed by atoms with Crippen LogP contribution in [0.5, 0.6) is 0 Å². The number of imidazole rings is 1. The molecule has 1 aliphatic heterocycles. The topological polar surface area (TPSA) is 49.8 Å². The molecule has 2 heterocycles. The Morgan fingerprint density at radius 1 is 1.47 bits per heavy atom. The van der Waals surface area contributed by atoms with Crippen LogP contribution in [0, 0.1) is 10.6 Å². The molecular formula is C12H11ClFN3OS. The Morgan fingerprint density at radius 2 is 2.26 bits per heavy atom. The molecule has 100 valence electrons. The van der Waals surface area contributed by atoms with Crippen LogP contribution < -0.4 is 5.32 Å². The van der Waals surface area contributed by atoms with E-state index in [4.69, 9.17) is 23.8 Å². The zero-order chi connectivity index (χ0) is 13.6. The van der Waals surface area contributed by atoms with Gasteiger partial charge in [-0.05, 0) is 31.1 Å². The Kier molecular flexibility index (Phi) is 3.06. The number of carbonyl (C=O) groups excluding carboxylic acids is 1. The zero-order valence-corrected chi connectivity index (χ0v) is 11.4. The molecular weight excluding hydrogens is 289 g/mol. The van der Waals surface area contributed by atoms with Crippen molar-refractivity contribution < 1.29 is 9.18 Å². The fraction of sp³-hybridized carbons (Fsp3) is 0.333. The summed E-state index contributed by atoms with van der Waals surface area (Å²) < 4.78 is 15.5. The van der Waals surface area contributed by atoms with E-state index in [1.165, 1.54) is 12.1 Å². The van der Waals surface area contributed by atoms with E-state index in [0.29, 0.717) is 28.8 Å². The van der Waals surface area contributed by atoms with Gasteiger partial charge >= 0.3 is 0 Å². The maximum Gasteiger partial charge on any atom is 0.243 e. The summed E-state index contributed by atoms with van der Waals surface area (Å²) in [5.74, 6) is -0.575. The predicted octanol–water partition coefficient (Wildman–Crippen LogP) is 2.94. The largest absolute Gasteiger partial charge is 0.354 e. The Hall–Kier alpha value is -1.40. The van der Waals surface area contributed by atoms with Crippen molar-refractivity contribution in [2.75, 3.05) is 6.54 Å². The third-order valence-electron chi connectivity index (χ3n) is 3.33. The van der Waals surface area contributed by atoms with Gasteiger partial charge in [-0.2, -0.15) is 0 Å². The van der Waals surface area contributed by atoms with Crippen molar-refractivity contribution in [1.29, 1.82) is 0 Å². The summed E-state index contributed by atoms with van der Waals surface area (Å²) in [5.41, 5.74) is 1.20. The minimum Gasteiger partial charge on any atom is -0.354 e. The van der Waals surface area contributed by atoms with Crippen LogP contribution >= 0.6 is 23.8 Å². The lowest BCUT2D eigenvalue weighted by molar-refractivity contribution is -0.125. The molecule has 1 saturated heterocycles. The summed E-state index contributed by atoms with van der Waals surface area (Å²) >= 11 is 11.0. The van der Waals surface area contributed by atoms with Crippen LogP contribution in [0.3, 0.4) is 0 Å². The second kappa shape index (κ2) is 4.61. The molecule has 0 spiro atoms. The van der Waals surface area contributed by atoms with Crippen LogP contribution in [0.25, 0.3) is 11.0 Å². The monoisotopic (exact) mass is 299 g/mol. The van der Waals surface area contributed by atoms with Crippen LogP contribution in [0.4, 0.5) is 4.39 Å². The molecule has 1 aromatic heterocycles. The summed E-state index contributed by atoms with van der Waals surface area (Å²) in [6.45, 7) is 0.681. The van der Waals surface area contributed by atoms with Gasteiger partial charge in [0.2, 0.25) is 5.91 Å². The number of aromatic nitrogens is 2. The first kappa shape index (κ1) is 12.6. The van der Waals surface area contributed by atoms with Crippen LogP contribution in [0.15, 0.2) is 12.1 Å². The van der Waals surface area contributed by atoms with Crippen LogP contribution in [-0.2, 0) is 4.79 Å². The van der Waals surface area contributed by atoms with Crippen LogP contribution in [-0.4, -0.2) is 22.0 Å². The van der Waals surface area contributed by atoms with E-state index >= 15 is 0 Å². The molecule has 1 fully saturated rings. The number of benzene rings is 1. The molecule has 3 rings (SSSR count). The highest BCUT2D eigenvalue weighted by Gasteiger charge is 2.26. The summed E-state index contributed by atoms with van der Waals surface area (Å²) in [5, 5.41) is 2.83. The highest BCUT2D eigenvalue weighted by molar-refractivity contribution is 7.71. The number of aromatic amines is 1. The zero-order valence-electron chi connectivity index (χ0n) is 9.87. The number of nitrogens with zero attached hydrogens (tertiary/aromatic N) is 1. The second-order valence-corrected chi connectivity index (χ2v) is 5.33. The minimum atomic E-state index is -0.509. The number of hydrogen-bond acceptors (Lipinski definition) is 2. The molecule has 0 bridgehead atoms. The van der Waals surface area contributed by atoms with E-state index < -0.39 is 5.82 Å². The molecule has 2 aromatic rings. The number of amides is 1. The lowest BCUT2D eigenvalue weighted by atomic mass is 10.1. The van der Waals surface area contributed by atoms with Crippen molar-refractivity contribution >= 4 is 40.8 Å². The van der Waals surface area contributed by atoms with Crippen molar-refractivity contribution in [3.05, 3.63) is 27.7 Å². The first-order valence-electron chi connectivity index (χ1n) is 5.95. The van der Waals surface area contributed by atoms with Crippen LogP contribution in [0.2, 0.25) is 5.02 Å². The van der Waals surface area contributed by atoms with Gasteiger partial charge in [0.15, 0.2) is 4.77 Å². The predicted molar refractivity (Wildman–Crippen MR) is 73.4 cm³/mol. The normalized spacial score (nSPS) is 19.7. The minimum absolute atomic E-state index is 0.0199. The fourth-order valence-corrected chi connectivity index (χ4v) is 2.93. The summed E-state index contributed by atoms with van der Waals surface area (Å²) in [6.07, 6.45) is 1.60. The van der Waals surface area contributed by atoms with E-state index in [1.54, 1.807) is 4.57 Å². The lowest BCUT2D eigenvalue weighted by Crippen LogP contribution is -2.37. The van der Waals surface area contributed by atoms with Gasteiger partial charge in [-0.1, -0.05) is 11.6 Å². The van der Waals surface area contributed by atoms with Crippen LogP contribution in [0.1, 0.15) is 18.9 Å². The maximum atomic E-state index is 13.4. The third kappa shape index (κ3) is 2.04. The number of carbonyl (C=O) groups is 1. The van der Waals surface area contributed by atoms with Crippen molar-refractivity contribution in [2.45, 2.75) is 18.9 Å². The summed E-state index contributed by atoms with van der Waals surface area (Å²) in [4.78, 5) is 14.9. The van der Waals surface area contributed by atoms with E-state index in [-0.39, 0.29) is 17.0 Å². The summed E-state index contributed by atoms with van der Waals surface area (Å²) in [7, 11) is 0. The van der Waals surface area contributed by atoms with E-state index in [9.17, 15) is 9.18 Å². The van der Waals surface area contributed by atoms with Crippen molar-refractivity contribution in [3.8, 4) is 0 Å². The number of fused-ring (bicyclic) bond motifs is 1. The standard InChI is InChI=1S/C12H11ClFN3OS/c13-6-4-10-8(5-7(6)14)16-12(19)17(10)9-2-1-3-15-11(9)18/h4-5,9H,1-3H2,(H,15,18)(H,16,19). The van der Waals surface area contributed by atoms with Gasteiger partial charge in [-0.25, -0.2) is 4.39 Å². The molecule has 7 heteroatoms. The van der Waals surface area contributed by atoms with E-state index in [2.05, 4.69) is 10.3 Å². The smallest absolute Gasteiger partial charge is 0.243 e. The first-order valence-corrected chi connectivity index (χ1v) is 6.73. The number of piperidine rings is 1. The summed E-state index contributed by atoms with van der Waals surface area (Å²) in [6, 6.07) is 2.43. The first-order chi connectivity index (χ1) is 9.08.